The van der Waals surface area contributed by atoms with E-state index in [1.54, 1.807) is 40.0 Å². The van der Waals surface area contributed by atoms with Gasteiger partial charge in [-0.2, -0.15) is 0 Å². The van der Waals surface area contributed by atoms with E-state index in [4.69, 9.17) is 11.6 Å². The Kier molecular flexibility index (Phi) is 3.08. The number of aromatic nitrogens is 2. The molecule has 2 aromatic heterocycles. The molecule has 2 aromatic carbocycles. The van der Waals surface area contributed by atoms with Crippen LogP contribution in [0.4, 0.5) is 0 Å². The van der Waals surface area contributed by atoms with Crippen molar-refractivity contribution in [3.05, 3.63) is 63.9 Å². The van der Waals surface area contributed by atoms with E-state index in [0.29, 0.717) is 21.7 Å². The molecule has 0 aliphatic heterocycles. The van der Waals surface area contributed by atoms with Crippen LogP contribution in [0.1, 0.15) is 0 Å². The van der Waals surface area contributed by atoms with Crippen LogP contribution in [0.2, 0.25) is 5.02 Å². The Bertz CT molecular complexity index is 1080. The summed E-state index contributed by atoms with van der Waals surface area (Å²) >= 11 is 5.93. The number of para-hydroxylation sites is 1. The molecule has 0 aliphatic carbocycles. The molecule has 0 fully saturated rings. The van der Waals surface area contributed by atoms with Crippen molar-refractivity contribution in [2.24, 2.45) is 0 Å². The van der Waals surface area contributed by atoms with Crippen LogP contribution in [0.15, 0.2) is 53.3 Å². The molecule has 0 aliphatic rings. The van der Waals surface area contributed by atoms with Gasteiger partial charge in [0.2, 0.25) is 0 Å². The summed E-state index contributed by atoms with van der Waals surface area (Å²) in [4.78, 5) is 17.0. The molecule has 0 amide bonds. The van der Waals surface area contributed by atoms with Gasteiger partial charge in [0.15, 0.2) is 0 Å². The molecular formula is C16H9ClN2O2Se. The molecule has 0 saturated carbocycles. The van der Waals surface area contributed by atoms with Crippen molar-refractivity contribution in [1.82, 2.24) is 8.55 Å². The van der Waals surface area contributed by atoms with E-state index >= 15 is 0 Å². The Morgan fingerprint density at radius 2 is 1.91 bits per heavy atom. The van der Waals surface area contributed by atoms with Gasteiger partial charge in [0.25, 0.3) is 0 Å². The molecule has 1 N–H and O–H groups in total. The summed E-state index contributed by atoms with van der Waals surface area (Å²) in [6, 6.07) is 14.2. The van der Waals surface area contributed by atoms with Crippen molar-refractivity contribution in [3.8, 4) is 11.6 Å². The van der Waals surface area contributed by atoms with Crippen molar-refractivity contribution >= 4 is 46.9 Å². The van der Waals surface area contributed by atoms with Gasteiger partial charge in [-0.05, 0) is 0 Å². The second-order valence-electron chi connectivity index (χ2n) is 4.83. The van der Waals surface area contributed by atoms with E-state index in [9.17, 15) is 9.90 Å². The fraction of sp³-hybridized carbons (Fsp3) is 0. The SMILES string of the molecule is O=c1c2cccc(Cl)c2[se]n1-c1ccc2cccc(O)c2n1. The van der Waals surface area contributed by atoms with Gasteiger partial charge in [0.1, 0.15) is 0 Å². The molecule has 0 spiro atoms. The van der Waals surface area contributed by atoms with Crippen LogP contribution in [0, 0.1) is 0 Å². The molecular weight excluding hydrogens is 367 g/mol. The van der Waals surface area contributed by atoms with Gasteiger partial charge in [-0.15, -0.1) is 0 Å². The number of aromatic hydroxyl groups is 1. The van der Waals surface area contributed by atoms with Gasteiger partial charge in [-0.3, -0.25) is 0 Å². The third-order valence-corrected chi connectivity index (χ3v) is 6.46. The number of hydrogen-bond donors (Lipinski definition) is 1. The number of rotatable bonds is 1. The number of hydrogen-bond acceptors (Lipinski definition) is 3. The second kappa shape index (κ2) is 4.99. The summed E-state index contributed by atoms with van der Waals surface area (Å²) in [7, 11) is 0. The van der Waals surface area contributed by atoms with E-state index in [-0.39, 0.29) is 26.0 Å². The summed E-state index contributed by atoms with van der Waals surface area (Å²) in [5.41, 5.74) is 0.394. The van der Waals surface area contributed by atoms with Crippen LogP contribution in [0.5, 0.6) is 5.75 Å². The fourth-order valence-electron chi connectivity index (χ4n) is 2.40. The molecule has 6 heteroatoms. The topological polar surface area (TPSA) is 55.1 Å². The van der Waals surface area contributed by atoms with Crippen molar-refractivity contribution in [2.75, 3.05) is 0 Å². The Morgan fingerprint density at radius 1 is 1.09 bits per heavy atom. The van der Waals surface area contributed by atoms with Gasteiger partial charge >= 0.3 is 136 Å². The van der Waals surface area contributed by atoms with Crippen molar-refractivity contribution < 1.29 is 5.11 Å². The molecule has 0 bridgehead atoms. The van der Waals surface area contributed by atoms with Crippen molar-refractivity contribution in [3.63, 3.8) is 0 Å². The van der Waals surface area contributed by atoms with Gasteiger partial charge in [0.05, 0.1) is 0 Å². The van der Waals surface area contributed by atoms with E-state index < -0.39 is 0 Å². The molecule has 0 radical (unpaired) electrons. The Morgan fingerprint density at radius 3 is 2.73 bits per heavy atom. The summed E-state index contributed by atoms with van der Waals surface area (Å²) in [5.74, 6) is 0.639. The average Bonchev–Trinajstić information content (AvgIpc) is 2.86. The van der Waals surface area contributed by atoms with Crippen LogP contribution in [-0.4, -0.2) is 28.4 Å². The number of fused-ring (bicyclic) bond motifs is 2. The zero-order valence-corrected chi connectivity index (χ0v) is 13.6. The van der Waals surface area contributed by atoms with E-state index in [1.165, 1.54) is 0 Å². The maximum atomic E-state index is 12.6. The first-order chi connectivity index (χ1) is 10.6. The third kappa shape index (κ3) is 1.98. The minimum atomic E-state index is -0.254. The van der Waals surface area contributed by atoms with Gasteiger partial charge < -0.3 is 0 Å². The fourth-order valence-corrected chi connectivity index (χ4v) is 4.78. The number of halogens is 1. The molecule has 4 nitrogen and oxygen atoms in total. The molecule has 4 aromatic rings. The first-order valence-corrected chi connectivity index (χ1v) is 8.55. The van der Waals surface area contributed by atoms with E-state index in [1.807, 2.05) is 12.1 Å². The van der Waals surface area contributed by atoms with Crippen LogP contribution in [0.3, 0.4) is 0 Å². The Hall–Kier alpha value is -2.07. The maximum absolute atomic E-state index is 12.6. The predicted octanol–water partition coefficient (Wildman–Crippen LogP) is 2.95. The van der Waals surface area contributed by atoms with Gasteiger partial charge in [-0.25, -0.2) is 0 Å². The predicted molar refractivity (Wildman–Crippen MR) is 88.5 cm³/mol. The van der Waals surface area contributed by atoms with E-state index in [0.717, 1.165) is 9.65 Å². The number of nitrogens with zero attached hydrogens (tertiary/aromatic N) is 2. The summed E-state index contributed by atoms with van der Waals surface area (Å²) in [5, 5.41) is 12.0. The molecule has 2 heterocycles. The van der Waals surface area contributed by atoms with Crippen molar-refractivity contribution in [1.29, 1.82) is 0 Å². The summed E-state index contributed by atoms with van der Waals surface area (Å²) in [6.07, 6.45) is 0. The normalized spacial score (nSPS) is 11.3. The minimum absolute atomic E-state index is 0.0974. The van der Waals surface area contributed by atoms with Crippen LogP contribution in [-0.2, 0) is 0 Å². The molecule has 4 rings (SSSR count). The molecule has 22 heavy (non-hydrogen) atoms. The number of phenols is 1. The van der Waals surface area contributed by atoms with Gasteiger partial charge in [0, 0.05) is 0 Å². The van der Waals surface area contributed by atoms with Crippen LogP contribution in [0.25, 0.3) is 26.4 Å². The Balaban J connectivity index is 2.03. The van der Waals surface area contributed by atoms with Crippen molar-refractivity contribution in [2.45, 2.75) is 0 Å². The molecule has 0 unspecified atom stereocenters. The Labute approximate surface area is 136 Å². The summed E-state index contributed by atoms with van der Waals surface area (Å²) < 4.78 is 2.51. The first-order valence-electron chi connectivity index (χ1n) is 6.55. The van der Waals surface area contributed by atoms with E-state index in [2.05, 4.69) is 4.98 Å². The molecule has 108 valence electrons. The molecule has 0 atom stereocenters. The van der Waals surface area contributed by atoms with Crippen LogP contribution >= 0.6 is 11.6 Å². The summed E-state index contributed by atoms with van der Waals surface area (Å²) in [6.45, 7) is 0. The van der Waals surface area contributed by atoms with Crippen LogP contribution < -0.4 is 5.56 Å². The number of pyridine rings is 1. The zero-order valence-electron chi connectivity index (χ0n) is 11.2. The zero-order chi connectivity index (χ0) is 15.3. The molecule has 0 saturated heterocycles. The number of benzene rings is 2. The first kappa shape index (κ1) is 13.6. The van der Waals surface area contributed by atoms with Gasteiger partial charge in [-0.1, -0.05) is 0 Å². The standard InChI is InChI=1S/C16H9ClN2O2Se/c17-11-5-2-4-10-15(11)22-19(16(10)21)13-8-7-9-3-1-6-12(20)14(9)18-13/h1-8,20H. The quantitative estimate of drug-likeness (QED) is 0.520. The average molecular weight is 376 g/mol. The number of phenolic OH excluding ortho intramolecular Hbond substituents is 1. The second-order valence-corrected chi connectivity index (χ2v) is 7.24. The third-order valence-electron chi connectivity index (χ3n) is 3.46. The monoisotopic (exact) mass is 376 g/mol.